The lowest BCUT2D eigenvalue weighted by Gasteiger charge is -2.14. The quantitative estimate of drug-likeness (QED) is 0.503. The fourth-order valence-corrected chi connectivity index (χ4v) is 2.06. The summed E-state index contributed by atoms with van der Waals surface area (Å²) in [5.74, 6) is -0.363. The number of hydrogen-bond acceptors (Lipinski definition) is 3. The van der Waals surface area contributed by atoms with Crippen LogP contribution in [0.1, 0.15) is 24.1 Å². The zero-order chi connectivity index (χ0) is 15.1. The molecule has 0 aliphatic heterocycles. The van der Waals surface area contributed by atoms with E-state index < -0.39 is 0 Å². The van der Waals surface area contributed by atoms with Crippen LogP contribution in [0.4, 0.5) is 0 Å². The Morgan fingerprint density at radius 2 is 1.67 bits per heavy atom. The molecule has 108 valence electrons. The van der Waals surface area contributed by atoms with Gasteiger partial charge in [-0.05, 0) is 18.1 Å². The lowest BCUT2D eigenvalue weighted by atomic mass is 10.1. The lowest BCUT2D eigenvalue weighted by Crippen LogP contribution is -2.34. The fourth-order valence-electron chi connectivity index (χ4n) is 2.06. The van der Waals surface area contributed by atoms with Crippen molar-refractivity contribution in [3.63, 3.8) is 0 Å². The average molecular weight is 282 g/mol. The normalized spacial score (nSPS) is 12.7. The monoisotopic (exact) mass is 282 g/mol. The molecule has 2 N–H and O–H groups in total. The zero-order valence-corrected chi connectivity index (χ0v) is 11.9. The number of benzene rings is 2. The van der Waals surface area contributed by atoms with Gasteiger partial charge in [-0.2, -0.15) is 0 Å². The van der Waals surface area contributed by atoms with Gasteiger partial charge in [-0.15, -0.1) is 0 Å². The Kier molecular flexibility index (Phi) is 5.10. The van der Waals surface area contributed by atoms with Crippen LogP contribution in [0.15, 0.2) is 65.8 Å². The minimum Gasteiger partial charge on any atom is -0.410 e. The summed E-state index contributed by atoms with van der Waals surface area (Å²) in [5.41, 5.74) is 2.03. The molecule has 2 rings (SSSR count). The number of nitrogens with zero attached hydrogens (tertiary/aromatic N) is 1. The zero-order valence-electron chi connectivity index (χ0n) is 11.9. The highest BCUT2D eigenvalue weighted by atomic mass is 16.4. The Balaban J connectivity index is 2.01. The summed E-state index contributed by atoms with van der Waals surface area (Å²) in [6.07, 6.45) is 0.296. The van der Waals surface area contributed by atoms with Gasteiger partial charge in [-0.1, -0.05) is 65.8 Å². The van der Waals surface area contributed by atoms with Crippen molar-refractivity contribution in [2.75, 3.05) is 0 Å². The number of carbonyl (C=O) groups is 1. The van der Waals surface area contributed by atoms with Gasteiger partial charge in [0.2, 0.25) is 0 Å². The van der Waals surface area contributed by atoms with Gasteiger partial charge in [0, 0.05) is 6.42 Å². The van der Waals surface area contributed by atoms with Crippen LogP contribution in [0.5, 0.6) is 0 Å². The van der Waals surface area contributed by atoms with E-state index in [0.29, 0.717) is 6.42 Å². The predicted molar refractivity (Wildman–Crippen MR) is 82.4 cm³/mol. The Morgan fingerprint density at radius 3 is 2.24 bits per heavy atom. The van der Waals surface area contributed by atoms with Gasteiger partial charge in [0.15, 0.2) is 0 Å². The second-order valence-electron chi connectivity index (χ2n) is 4.81. The van der Waals surface area contributed by atoms with Crippen molar-refractivity contribution < 1.29 is 10.0 Å². The summed E-state index contributed by atoms with van der Waals surface area (Å²) >= 11 is 0. The van der Waals surface area contributed by atoms with Gasteiger partial charge in [0.25, 0.3) is 5.91 Å². The molecule has 2 aromatic rings. The van der Waals surface area contributed by atoms with Crippen LogP contribution in [0.3, 0.4) is 0 Å². The first-order chi connectivity index (χ1) is 10.2. The Morgan fingerprint density at radius 1 is 1.10 bits per heavy atom. The van der Waals surface area contributed by atoms with Gasteiger partial charge >= 0.3 is 0 Å². The van der Waals surface area contributed by atoms with E-state index in [4.69, 9.17) is 5.21 Å². The second kappa shape index (κ2) is 7.24. The van der Waals surface area contributed by atoms with Crippen molar-refractivity contribution in [2.24, 2.45) is 5.16 Å². The standard InChI is InChI=1S/C17H18N2O2/c1-13(15-10-6-3-7-11-15)18-17(20)16(19-21)12-14-8-4-2-5-9-14/h2-11,13,21H,12H2,1H3,(H,18,20)/b19-16-/t13-/m1/s1. The van der Waals surface area contributed by atoms with Gasteiger partial charge in [-0.3, -0.25) is 4.79 Å². The van der Waals surface area contributed by atoms with Gasteiger partial charge in [0.05, 0.1) is 6.04 Å². The molecule has 4 heteroatoms. The summed E-state index contributed by atoms with van der Waals surface area (Å²) in [6, 6.07) is 18.9. The third-order valence-corrected chi connectivity index (χ3v) is 3.24. The van der Waals surface area contributed by atoms with E-state index in [9.17, 15) is 4.79 Å². The van der Waals surface area contributed by atoms with Crippen molar-refractivity contribution in [1.29, 1.82) is 0 Å². The number of oxime groups is 1. The van der Waals surface area contributed by atoms with Crippen LogP contribution in [0.2, 0.25) is 0 Å². The van der Waals surface area contributed by atoms with E-state index in [1.165, 1.54) is 0 Å². The van der Waals surface area contributed by atoms with Gasteiger partial charge in [0.1, 0.15) is 5.71 Å². The molecule has 4 nitrogen and oxygen atoms in total. The first-order valence-corrected chi connectivity index (χ1v) is 6.81. The van der Waals surface area contributed by atoms with Crippen molar-refractivity contribution in [1.82, 2.24) is 5.32 Å². The third-order valence-electron chi connectivity index (χ3n) is 3.24. The highest BCUT2D eigenvalue weighted by Gasteiger charge is 2.16. The average Bonchev–Trinajstić information content (AvgIpc) is 2.54. The SMILES string of the molecule is C[C@@H](NC(=O)/C(Cc1ccccc1)=N\O)c1ccccc1. The largest absolute Gasteiger partial charge is 0.410 e. The molecule has 0 saturated carbocycles. The van der Waals surface area contributed by atoms with Crippen LogP contribution < -0.4 is 5.32 Å². The number of amides is 1. The molecule has 0 bridgehead atoms. The van der Waals surface area contributed by atoms with Crippen LogP contribution in [0.25, 0.3) is 0 Å². The highest BCUT2D eigenvalue weighted by Crippen LogP contribution is 2.11. The molecule has 2 aromatic carbocycles. The Bertz CT molecular complexity index is 609. The molecule has 1 amide bonds. The molecule has 0 heterocycles. The smallest absolute Gasteiger partial charge is 0.269 e. The van der Waals surface area contributed by atoms with E-state index in [2.05, 4.69) is 10.5 Å². The maximum Gasteiger partial charge on any atom is 0.269 e. The third kappa shape index (κ3) is 4.18. The molecule has 1 atom stereocenters. The maximum atomic E-state index is 12.2. The van der Waals surface area contributed by atoms with Crippen molar-refractivity contribution in [3.8, 4) is 0 Å². The van der Waals surface area contributed by atoms with Gasteiger partial charge in [-0.25, -0.2) is 0 Å². The Labute approximate surface area is 124 Å². The number of hydrogen-bond donors (Lipinski definition) is 2. The van der Waals surface area contributed by atoms with Crippen LogP contribution in [-0.2, 0) is 11.2 Å². The molecule has 0 aromatic heterocycles. The maximum absolute atomic E-state index is 12.2. The number of rotatable bonds is 5. The molecule has 0 spiro atoms. The van der Waals surface area contributed by atoms with E-state index in [-0.39, 0.29) is 17.7 Å². The van der Waals surface area contributed by atoms with E-state index in [0.717, 1.165) is 11.1 Å². The molecular weight excluding hydrogens is 264 g/mol. The number of nitrogens with one attached hydrogen (secondary N) is 1. The van der Waals surface area contributed by atoms with Crippen molar-refractivity contribution in [2.45, 2.75) is 19.4 Å². The van der Waals surface area contributed by atoms with E-state index >= 15 is 0 Å². The predicted octanol–water partition coefficient (Wildman–Crippen LogP) is 2.94. The molecule has 0 aliphatic carbocycles. The van der Waals surface area contributed by atoms with Crippen LogP contribution >= 0.6 is 0 Å². The van der Waals surface area contributed by atoms with Crippen molar-refractivity contribution >= 4 is 11.6 Å². The van der Waals surface area contributed by atoms with Crippen LogP contribution in [-0.4, -0.2) is 16.8 Å². The van der Waals surface area contributed by atoms with E-state index in [1.807, 2.05) is 67.6 Å². The van der Waals surface area contributed by atoms with E-state index in [1.54, 1.807) is 0 Å². The summed E-state index contributed by atoms with van der Waals surface area (Å²) < 4.78 is 0. The number of carbonyl (C=O) groups excluding carboxylic acids is 1. The molecule has 0 fully saturated rings. The van der Waals surface area contributed by atoms with Crippen molar-refractivity contribution in [3.05, 3.63) is 71.8 Å². The first kappa shape index (κ1) is 14.8. The van der Waals surface area contributed by atoms with Gasteiger partial charge < -0.3 is 10.5 Å². The second-order valence-corrected chi connectivity index (χ2v) is 4.81. The highest BCUT2D eigenvalue weighted by molar-refractivity contribution is 6.39. The molecule has 0 unspecified atom stereocenters. The topological polar surface area (TPSA) is 61.7 Å². The first-order valence-electron chi connectivity index (χ1n) is 6.81. The minimum absolute atomic E-state index is 0.101. The minimum atomic E-state index is -0.363. The molecule has 0 aliphatic rings. The fraction of sp³-hybridized carbons (Fsp3) is 0.176. The summed E-state index contributed by atoms with van der Waals surface area (Å²) in [7, 11) is 0. The lowest BCUT2D eigenvalue weighted by molar-refractivity contribution is -0.115. The molecule has 21 heavy (non-hydrogen) atoms. The summed E-state index contributed by atoms with van der Waals surface area (Å²) in [6.45, 7) is 1.89. The molecule has 0 saturated heterocycles. The summed E-state index contributed by atoms with van der Waals surface area (Å²) in [5, 5.41) is 15.0. The molecular formula is C17H18N2O2. The van der Waals surface area contributed by atoms with Crippen LogP contribution in [0, 0.1) is 0 Å². The Hall–Kier alpha value is -2.62. The summed E-state index contributed by atoms with van der Waals surface area (Å²) in [4.78, 5) is 12.2. The molecule has 0 radical (unpaired) electrons.